The molecule has 0 aliphatic heterocycles. The monoisotopic (exact) mass is 252 g/mol. The average Bonchev–Trinajstić information content (AvgIpc) is 2.71. The first-order valence-electron chi connectivity index (χ1n) is 5.54. The molecular weight excluding hydrogens is 238 g/mol. The predicted molar refractivity (Wildman–Crippen MR) is 64.3 cm³/mol. The largest absolute Gasteiger partial charge is 0.399 e. The van der Waals surface area contributed by atoms with Crippen LogP contribution >= 0.6 is 0 Å². The van der Waals surface area contributed by atoms with E-state index in [-0.39, 0.29) is 6.42 Å². The molecule has 6 heteroatoms. The fourth-order valence-electron chi connectivity index (χ4n) is 1.83. The second-order valence-electron chi connectivity index (χ2n) is 4.17. The van der Waals surface area contributed by atoms with E-state index in [9.17, 15) is 8.78 Å². The smallest absolute Gasteiger partial charge is 0.245 e. The maximum Gasteiger partial charge on any atom is 0.245 e. The lowest BCUT2D eigenvalue weighted by atomic mass is 9.95. The van der Waals surface area contributed by atoms with Gasteiger partial charge >= 0.3 is 0 Å². The molecule has 2 aromatic rings. The van der Waals surface area contributed by atoms with Gasteiger partial charge in [-0.25, -0.2) is 8.78 Å². The van der Waals surface area contributed by atoms with E-state index in [0.717, 1.165) is 0 Å². The summed E-state index contributed by atoms with van der Waals surface area (Å²) in [5.41, 5.74) is 6.63. The minimum atomic E-state index is -2.47. The number of halogens is 2. The van der Waals surface area contributed by atoms with E-state index in [2.05, 4.69) is 10.2 Å². The van der Waals surface area contributed by atoms with Crippen molar-refractivity contribution in [3.63, 3.8) is 0 Å². The highest BCUT2D eigenvalue weighted by atomic mass is 19.3. The van der Waals surface area contributed by atoms with Gasteiger partial charge < -0.3 is 10.3 Å². The lowest BCUT2D eigenvalue weighted by Crippen LogP contribution is -2.15. The third kappa shape index (κ3) is 2.64. The van der Waals surface area contributed by atoms with Gasteiger partial charge in [-0.15, -0.1) is 10.2 Å². The number of benzene rings is 1. The number of nitrogens with zero attached hydrogens (tertiary/aromatic N) is 3. The average molecular weight is 252 g/mol. The van der Waals surface area contributed by atoms with Crippen molar-refractivity contribution in [2.45, 2.75) is 18.8 Å². The van der Waals surface area contributed by atoms with Crippen LogP contribution in [-0.2, 0) is 13.5 Å². The predicted octanol–water partition coefficient (Wildman–Crippen LogP) is 1.99. The molecule has 0 radical (unpaired) electrons. The van der Waals surface area contributed by atoms with Crippen LogP contribution in [0.25, 0.3) is 0 Å². The summed E-state index contributed by atoms with van der Waals surface area (Å²) in [5.74, 6) is -0.390. The minimum Gasteiger partial charge on any atom is -0.399 e. The topological polar surface area (TPSA) is 56.7 Å². The molecule has 0 saturated heterocycles. The van der Waals surface area contributed by atoms with Crippen LogP contribution in [0.2, 0.25) is 0 Å². The summed E-state index contributed by atoms with van der Waals surface area (Å²) >= 11 is 0. The zero-order valence-corrected chi connectivity index (χ0v) is 9.92. The molecule has 0 bridgehead atoms. The van der Waals surface area contributed by atoms with Crippen molar-refractivity contribution in [1.82, 2.24) is 14.8 Å². The molecule has 0 fully saturated rings. The quantitative estimate of drug-likeness (QED) is 0.846. The molecule has 0 amide bonds. The summed E-state index contributed by atoms with van der Waals surface area (Å²) in [5, 5.41) is 7.52. The molecule has 1 unspecified atom stereocenters. The molecule has 1 aromatic heterocycles. The van der Waals surface area contributed by atoms with Gasteiger partial charge in [0, 0.05) is 19.2 Å². The normalized spacial score (nSPS) is 12.9. The standard InChI is InChI=1S/C12H14F2N4/c1-18-7-16-17-11(18)6-10(12(13)14)8-3-2-4-9(15)5-8/h2-5,7,10,12H,6,15H2,1H3. The molecule has 96 valence electrons. The first-order chi connectivity index (χ1) is 8.58. The van der Waals surface area contributed by atoms with Crippen LogP contribution in [0.5, 0.6) is 0 Å². The molecule has 1 heterocycles. The van der Waals surface area contributed by atoms with Gasteiger partial charge in [0.25, 0.3) is 0 Å². The highest BCUT2D eigenvalue weighted by Gasteiger charge is 2.24. The van der Waals surface area contributed by atoms with Gasteiger partial charge in [0.2, 0.25) is 6.43 Å². The number of aromatic nitrogens is 3. The van der Waals surface area contributed by atoms with Gasteiger partial charge in [0.15, 0.2) is 0 Å². The van der Waals surface area contributed by atoms with E-state index < -0.39 is 12.3 Å². The number of alkyl halides is 2. The van der Waals surface area contributed by atoms with Gasteiger partial charge in [-0.05, 0) is 17.7 Å². The van der Waals surface area contributed by atoms with Crippen LogP contribution in [0.3, 0.4) is 0 Å². The number of nitrogens with two attached hydrogens (primary N) is 1. The van der Waals surface area contributed by atoms with Gasteiger partial charge in [-0.3, -0.25) is 0 Å². The molecule has 4 nitrogen and oxygen atoms in total. The third-order valence-electron chi connectivity index (χ3n) is 2.85. The van der Waals surface area contributed by atoms with Gasteiger partial charge in [0.1, 0.15) is 12.2 Å². The Labute approximate surface area is 103 Å². The first-order valence-corrected chi connectivity index (χ1v) is 5.54. The van der Waals surface area contributed by atoms with Crippen molar-refractivity contribution in [2.24, 2.45) is 7.05 Å². The second kappa shape index (κ2) is 5.12. The van der Waals surface area contributed by atoms with E-state index in [0.29, 0.717) is 17.1 Å². The Kier molecular flexibility index (Phi) is 3.55. The molecule has 2 N–H and O–H groups in total. The third-order valence-corrected chi connectivity index (χ3v) is 2.85. The fourth-order valence-corrected chi connectivity index (χ4v) is 1.83. The van der Waals surface area contributed by atoms with Crippen molar-refractivity contribution in [3.8, 4) is 0 Å². The highest BCUT2D eigenvalue weighted by molar-refractivity contribution is 5.42. The lowest BCUT2D eigenvalue weighted by molar-refractivity contribution is 0.112. The highest BCUT2D eigenvalue weighted by Crippen LogP contribution is 2.27. The number of aryl methyl sites for hydroxylation is 1. The van der Waals surface area contributed by atoms with Gasteiger partial charge in [-0.2, -0.15) is 0 Å². The SMILES string of the molecule is Cn1cnnc1CC(c1cccc(N)c1)C(F)F. The number of hydrogen-bond acceptors (Lipinski definition) is 3. The molecule has 0 saturated carbocycles. The molecule has 2 rings (SSSR count). The van der Waals surface area contributed by atoms with E-state index in [4.69, 9.17) is 5.73 Å². The van der Waals surface area contributed by atoms with Crippen LogP contribution in [0.15, 0.2) is 30.6 Å². The Hall–Kier alpha value is -1.98. The minimum absolute atomic E-state index is 0.137. The van der Waals surface area contributed by atoms with Crippen molar-refractivity contribution < 1.29 is 8.78 Å². The Morgan fingerprint density at radius 1 is 1.39 bits per heavy atom. The summed E-state index contributed by atoms with van der Waals surface area (Å²) < 4.78 is 27.9. The molecule has 1 aromatic carbocycles. The van der Waals surface area contributed by atoms with Crippen molar-refractivity contribution in [1.29, 1.82) is 0 Å². The molecule has 1 atom stereocenters. The fraction of sp³-hybridized carbons (Fsp3) is 0.333. The van der Waals surface area contributed by atoms with Crippen molar-refractivity contribution in [2.75, 3.05) is 5.73 Å². The van der Waals surface area contributed by atoms with E-state index >= 15 is 0 Å². The van der Waals surface area contributed by atoms with Crippen LogP contribution in [0, 0.1) is 0 Å². The maximum absolute atomic E-state index is 13.1. The van der Waals surface area contributed by atoms with E-state index in [1.165, 1.54) is 6.33 Å². The summed E-state index contributed by atoms with van der Waals surface area (Å²) in [4.78, 5) is 0. The Morgan fingerprint density at radius 2 is 2.17 bits per heavy atom. The molecule has 18 heavy (non-hydrogen) atoms. The molecule has 0 aliphatic rings. The Morgan fingerprint density at radius 3 is 2.72 bits per heavy atom. The zero-order chi connectivity index (χ0) is 13.1. The molecule has 0 aliphatic carbocycles. The molecule has 0 spiro atoms. The second-order valence-corrected chi connectivity index (χ2v) is 4.17. The Bertz CT molecular complexity index is 524. The summed E-state index contributed by atoms with van der Waals surface area (Å²) in [6.45, 7) is 0. The van der Waals surface area contributed by atoms with Gasteiger partial charge in [0.05, 0.1) is 5.92 Å². The summed E-state index contributed by atoms with van der Waals surface area (Å²) in [6.07, 6.45) is -0.835. The van der Waals surface area contributed by atoms with Crippen LogP contribution in [0.1, 0.15) is 17.3 Å². The zero-order valence-electron chi connectivity index (χ0n) is 9.92. The Balaban J connectivity index is 2.27. The lowest BCUT2D eigenvalue weighted by Gasteiger charge is -2.16. The van der Waals surface area contributed by atoms with Crippen molar-refractivity contribution >= 4 is 5.69 Å². The first kappa shape index (κ1) is 12.5. The molecular formula is C12H14F2N4. The van der Waals surface area contributed by atoms with Crippen LogP contribution < -0.4 is 5.73 Å². The number of nitrogen functional groups attached to an aromatic ring is 1. The van der Waals surface area contributed by atoms with E-state index in [1.807, 2.05) is 0 Å². The summed E-state index contributed by atoms with van der Waals surface area (Å²) in [7, 11) is 1.73. The number of anilines is 1. The van der Waals surface area contributed by atoms with Crippen LogP contribution in [0.4, 0.5) is 14.5 Å². The maximum atomic E-state index is 13.1. The summed E-state index contributed by atoms with van der Waals surface area (Å²) in [6, 6.07) is 6.59. The number of hydrogen-bond donors (Lipinski definition) is 1. The van der Waals surface area contributed by atoms with Crippen LogP contribution in [-0.4, -0.2) is 21.2 Å². The van der Waals surface area contributed by atoms with E-state index in [1.54, 1.807) is 35.9 Å². The van der Waals surface area contributed by atoms with Crippen molar-refractivity contribution in [3.05, 3.63) is 42.0 Å². The van der Waals surface area contributed by atoms with Gasteiger partial charge in [-0.1, -0.05) is 12.1 Å². The number of rotatable bonds is 4.